The van der Waals surface area contributed by atoms with Gasteiger partial charge in [0.1, 0.15) is 17.5 Å². The van der Waals surface area contributed by atoms with Gasteiger partial charge in [-0.05, 0) is 71.4 Å². The molecule has 0 unspecified atom stereocenters. The van der Waals surface area contributed by atoms with Gasteiger partial charge in [0.25, 0.3) is 0 Å². The van der Waals surface area contributed by atoms with E-state index in [1.807, 2.05) is 6.92 Å². The van der Waals surface area contributed by atoms with E-state index in [1.165, 1.54) is 36.4 Å². The summed E-state index contributed by atoms with van der Waals surface area (Å²) in [6.45, 7) is 9.88. The summed E-state index contributed by atoms with van der Waals surface area (Å²) in [5, 5.41) is 2.79. The van der Waals surface area contributed by atoms with Gasteiger partial charge in [-0.15, -0.1) is 0 Å². The number of hydrogen-bond donors (Lipinski definition) is 1. The van der Waals surface area contributed by atoms with Crippen molar-refractivity contribution in [2.45, 2.75) is 70.5 Å². The summed E-state index contributed by atoms with van der Waals surface area (Å²) in [4.78, 5) is 39.3. The van der Waals surface area contributed by atoms with E-state index in [0.29, 0.717) is 5.56 Å². The fourth-order valence-corrected chi connectivity index (χ4v) is 6.75. The fraction of sp³-hybridized carbons (Fsp3) is 0.500. The second-order valence-corrected chi connectivity index (χ2v) is 13.0. The third-order valence-corrected chi connectivity index (χ3v) is 8.71. The molecule has 3 rings (SSSR count). The van der Waals surface area contributed by atoms with Crippen molar-refractivity contribution < 1.29 is 41.4 Å². The van der Waals surface area contributed by atoms with Crippen LogP contribution in [0.15, 0.2) is 53.4 Å². The number of halogens is 1. The number of nitrogens with one attached hydrogen (secondary N) is 1. The molecule has 2 aromatic rings. The molecule has 0 aliphatic carbocycles. The van der Waals surface area contributed by atoms with Gasteiger partial charge in [0.15, 0.2) is 0 Å². The smallest absolute Gasteiger partial charge is 0.408 e. The molecule has 1 fully saturated rings. The molecule has 0 aromatic heterocycles. The van der Waals surface area contributed by atoms with E-state index in [1.54, 1.807) is 46.8 Å². The second kappa shape index (κ2) is 13.6. The molecule has 0 bridgehead atoms. The van der Waals surface area contributed by atoms with Gasteiger partial charge in [-0.2, -0.15) is 4.31 Å². The van der Waals surface area contributed by atoms with E-state index in [2.05, 4.69) is 5.32 Å². The number of alkyl carbamates (subject to hydrolysis) is 1. The number of esters is 2. The standard InChI is InChI=1S/C30H39FN2O8S/c1-7-39-25(34)17-23-24(26(20-11-13-21(31)14-12-20)32-29(36)41-30(4,5)6)18-33(27(23)28(35)40-8-2)42(37,38)22-15-9-19(3)10-16-22/h9-16,23-24,26-27H,7-8,17-18H2,1-6H3,(H,32,36)/t23-,24+,26+,27+/m1/s1. The number of hydrogen-bond acceptors (Lipinski definition) is 8. The van der Waals surface area contributed by atoms with Crippen LogP contribution in [-0.4, -0.2) is 62.2 Å². The van der Waals surface area contributed by atoms with Crippen LogP contribution >= 0.6 is 0 Å². The van der Waals surface area contributed by atoms with Crippen molar-refractivity contribution in [2.24, 2.45) is 11.8 Å². The normalized spacial score (nSPS) is 20.0. The molecule has 1 saturated heterocycles. The Bertz CT molecular complexity index is 1360. The fourth-order valence-electron chi connectivity index (χ4n) is 5.09. The van der Waals surface area contributed by atoms with Gasteiger partial charge in [0.2, 0.25) is 10.0 Å². The van der Waals surface area contributed by atoms with Gasteiger partial charge in [-0.25, -0.2) is 17.6 Å². The predicted octanol–water partition coefficient (Wildman–Crippen LogP) is 4.52. The highest BCUT2D eigenvalue weighted by Gasteiger charge is 2.55. The van der Waals surface area contributed by atoms with Gasteiger partial charge in [0.05, 0.1) is 30.6 Å². The molecule has 1 aliphatic rings. The lowest BCUT2D eigenvalue weighted by Gasteiger charge is -2.31. The van der Waals surface area contributed by atoms with Crippen LogP contribution in [0.25, 0.3) is 0 Å². The van der Waals surface area contributed by atoms with Crippen LogP contribution in [0.1, 0.15) is 58.2 Å². The lowest BCUT2D eigenvalue weighted by molar-refractivity contribution is -0.150. The SMILES string of the molecule is CCOC(=O)C[C@@H]1[C@@H]([C@@H](NC(=O)OC(C)(C)C)c2ccc(F)cc2)CN(S(=O)(=O)c2ccc(C)cc2)[C@@H]1C(=O)OCC. The van der Waals surface area contributed by atoms with Gasteiger partial charge in [-0.1, -0.05) is 29.8 Å². The van der Waals surface area contributed by atoms with Crippen LogP contribution in [0.2, 0.25) is 0 Å². The summed E-state index contributed by atoms with van der Waals surface area (Å²) in [5.41, 5.74) is 0.415. The van der Waals surface area contributed by atoms with Crippen molar-refractivity contribution in [3.05, 3.63) is 65.5 Å². The number of amides is 1. The zero-order chi connectivity index (χ0) is 31.2. The lowest BCUT2D eigenvalue weighted by atomic mass is 9.80. The first-order chi connectivity index (χ1) is 19.7. The molecule has 10 nitrogen and oxygen atoms in total. The first-order valence-electron chi connectivity index (χ1n) is 13.8. The Balaban J connectivity index is 2.19. The highest BCUT2D eigenvalue weighted by molar-refractivity contribution is 7.89. The van der Waals surface area contributed by atoms with Crippen LogP contribution in [0.3, 0.4) is 0 Å². The minimum absolute atomic E-state index is 0.0257. The lowest BCUT2D eigenvalue weighted by Crippen LogP contribution is -2.45. The summed E-state index contributed by atoms with van der Waals surface area (Å²) in [6.07, 6.45) is -1.14. The Morgan fingerprint density at radius 3 is 2.14 bits per heavy atom. The maximum absolute atomic E-state index is 14.0. The van der Waals surface area contributed by atoms with Gasteiger partial charge >= 0.3 is 18.0 Å². The van der Waals surface area contributed by atoms with E-state index < -0.39 is 63.4 Å². The van der Waals surface area contributed by atoms with Crippen LogP contribution < -0.4 is 5.32 Å². The average Bonchev–Trinajstić information content (AvgIpc) is 3.27. The van der Waals surface area contributed by atoms with Crippen LogP contribution in [-0.2, 0) is 33.8 Å². The molecule has 0 radical (unpaired) electrons. The second-order valence-electron chi connectivity index (χ2n) is 11.1. The Labute approximate surface area is 246 Å². The molecule has 0 saturated carbocycles. The summed E-state index contributed by atoms with van der Waals surface area (Å²) in [6, 6.07) is 9.10. The zero-order valence-electron chi connectivity index (χ0n) is 24.8. The molecular formula is C30H39FN2O8S. The largest absolute Gasteiger partial charge is 0.466 e. The predicted molar refractivity (Wildman–Crippen MR) is 152 cm³/mol. The molecule has 0 spiro atoms. The van der Waals surface area contributed by atoms with Crippen molar-refractivity contribution in [3.8, 4) is 0 Å². The topological polar surface area (TPSA) is 128 Å². The van der Waals surface area contributed by atoms with Crippen molar-refractivity contribution in [1.29, 1.82) is 0 Å². The number of ether oxygens (including phenoxy) is 3. The number of sulfonamides is 1. The minimum atomic E-state index is -4.29. The van der Waals surface area contributed by atoms with E-state index in [9.17, 15) is 27.2 Å². The maximum Gasteiger partial charge on any atom is 0.408 e. The first-order valence-corrected chi connectivity index (χ1v) is 15.3. The molecule has 42 heavy (non-hydrogen) atoms. The molecule has 12 heteroatoms. The number of carbonyl (C=O) groups is 3. The number of rotatable bonds is 10. The van der Waals surface area contributed by atoms with Gasteiger partial charge in [0, 0.05) is 18.4 Å². The Hall–Kier alpha value is -3.51. The monoisotopic (exact) mass is 606 g/mol. The van der Waals surface area contributed by atoms with E-state index in [-0.39, 0.29) is 31.1 Å². The van der Waals surface area contributed by atoms with Crippen molar-refractivity contribution >= 4 is 28.1 Å². The number of carbonyl (C=O) groups excluding carboxylic acids is 3. The van der Waals surface area contributed by atoms with E-state index in [4.69, 9.17) is 14.2 Å². The van der Waals surface area contributed by atoms with Crippen LogP contribution in [0.5, 0.6) is 0 Å². The van der Waals surface area contributed by atoms with Crippen molar-refractivity contribution in [1.82, 2.24) is 9.62 Å². The van der Waals surface area contributed by atoms with Crippen LogP contribution in [0.4, 0.5) is 9.18 Å². The van der Waals surface area contributed by atoms with Crippen molar-refractivity contribution in [3.63, 3.8) is 0 Å². The molecule has 1 N–H and O–H groups in total. The van der Waals surface area contributed by atoms with Crippen molar-refractivity contribution in [2.75, 3.05) is 19.8 Å². The third kappa shape index (κ3) is 8.07. The minimum Gasteiger partial charge on any atom is -0.466 e. The summed E-state index contributed by atoms with van der Waals surface area (Å²) < 4.78 is 59.0. The summed E-state index contributed by atoms with van der Waals surface area (Å²) in [7, 11) is -4.29. The Morgan fingerprint density at radius 1 is 1.00 bits per heavy atom. The average molecular weight is 607 g/mol. The molecule has 230 valence electrons. The Kier molecular flexibility index (Phi) is 10.7. The summed E-state index contributed by atoms with van der Waals surface area (Å²) >= 11 is 0. The molecule has 1 aliphatic heterocycles. The molecule has 1 heterocycles. The first kappa shape index (κ1) is 33.0. The molecule has 1 amide bonds. The maximum atomic E-state index is 14.0. The van der Waals surface area contributed by atoms with E-state index in [0.717, 1.165) is 9.87 Å². The number of aryl methyl sites for hydroxylation is 1. The van der Waals surface area contributed by atoms with Crippen LogP contribution in [0, 0.1) is 24.6 Å². The van der Waals surface area contributed by atoms with Gasteiger partial charge in [-0.3, -0.25) is 9.59 Å². The molecule has 2 aromatic carbocycles. The Morgan fingerprint density at radius 2 is 1.60 bits per heavy atom. The highest BCUT2D eigenvalue weighted by Crippen LogP contribution is 2.43. The van der Waals surface area contributed by atoms with E-state index >= 15 is 0 Å². The molecular weight excluding hydrogens is 567 g/mol. The number of benzene rings is 2. The highest BCUT2D eigenvalue weighted by atomic mass is 32.2. The quantitative estimate of drug-likeness (QED) is 0.309. The number of nitrogens with zero attached hydrogens (tertiary/aromatic N) is 1. The third-order valence-electron chi connectivity index (χ3n) is 6.85. The van der Waals surface area contributed by atoms with Gasteiger partial charge < -0.3 is 19.5 Å². The molecule has 4 atom stereocenters. The summed E-state index contributed by atoms with van der Waals surface area (Å²) in [5.74, 6) is -3.82. The zero-order valence-corrected chi connectivity index (χ0v) is 25.6.